The second-order valence-corrected chi connectivity index (χ2v) is 6.90. The second kappa shape index (κ2) is 6.37. The fourth-order valence-electron chi connectivity index (χ4n) is 2.23. The number of ether oxygens (including phenoxy) is 2. The maximum Gasteiger partial charge on any atom is 0.215 e. The van der Waals surface area contributed by atoms with Crippen LogP contribution in [-0.4, -0.2) is 27.7 Å². The summed E-state index contributed by atoms with van der Waals surface area (Å²) in [5, 5.41) is 0. The quantitative estimate of drug-likeness (QED) is 0.915. The predicted molar refractivity (Wildman–Crippen MR) is 83.4 cm³/mol. The summed E-state index contributed by atoms with van der Waals surface area (Å²) in [4.78, 5) is 0. The molecule has 0 spiro atoms. The molecule has 0 bridgehead atoms. The lowest BCUT2D eigenvalue weighted by Gasteiger charge is -2.26. The third-order valence-electron chi connectivity index (χ3n) is 3.30. The van der Waals surface area contributed by atoms with E-state index >= 15 is 0 Å². The van der Waals surface area contributed by atoms with Crippen molar-refractivity contribution in [3.63, 3.8) is 0 Å². The molecule has 1 aliphatic rings. The van der Waals surface area contributed by atoms with Crippen molar-refractivity contribution in [1.82, 2.24) is 4.72 Å². The van der Waals surface area contributed by atoms with Crippen molar-refractivity contribution >= 4 is 10.0 Å². The van der Waals surface area contributed by atoms with E-state index in [-0.39, 0.29) is 18.4 Å². The maximum absolute atomic E-state index is 12.1. The van der Waals surface area contributed by atoms with Gasteiger partial charge in [-0.3, -0.25) is 0 Å². The topological polar surface area (TPSA) is 64.6 Å². The summed E-state index contributed by atoms with van der Waals surface area (Å²) in [5.41, 5.74) is 0.751. The summed E-state index contributed by atoms with van der Waals surface area (Å²) < 4.78 is 38.0. The highest BCUT2D eigenvalue weighted by Gasteiger charge is 2.22. The average Bonchev–Trinajstić information content (AvgIpc) is 2.53. The molecule has 0 saturated carbocycles. The lowest BCUT2D eigenvalue weighted by atomic mass is 10.2. The smallest absolute Gasteiger partial charge is 0.215 e. The zero-order chi connectivity index (χ0) is 15.4. The molecule has 2 aromatic rings. The number of hydrogen-bond acceptors (Lipinski definition) is 4. The van der Waals surface area contributed by atoms with Crippen molar-refractivity contribution in [2.24, 2.45) is 0 Å². The van der Waals surface area contributed by atoms with Gasteiger partial charge in [-0.05, 0) is 17.7 Å². The number of sulfonamides is 1. The van der Waals surface area contributed by atoms with Crippen LogP contribution in [0.25, 0.3) is 0 Å². The molecule has 116 valence electrons. The van der Waals surface area contributed by atoms with E-state index in [9.17, 15) is 8.42 Å². The number of nitrogens with one attached hydrogen (secondary N) is 1. The first-order valence-electron chi connectivity index (χ1n) is 7.02. The van der Waals surface area contributed by atoms with Crippen molar-refractivity contribution in [3.05, 3.63) is 60.2 Å². The van der Waals surface area contributed by atoms with E-state index in [0.717, 1.165) is 5.56 Å². The number of fused-ring (bicyclic) bond motifs is 1. The fraction of sp³-hybridized carbons (Fsp3) is 0.250. The highest BCUT2D eigenvalue weighted by Crippen LogP contribution is 2.30. The Hall–Kier alpha value is -2.05. The first-order valence-corrected chi connectivity index (χ1v) is 8.67. The van der Waals surface area contributed by atoms with Gasteiger partial charge in [0.25, 0.3) is 0 Å². The van der Waals surface area contributed by atoms with Gasteiger partial charge in [-0.2, -0.15) is 0 Å². The van der Waals surface area contributed by atoms with Crippen LogP contribution in [0.1, 0.15) is 5.56 Å². The van der Waals surface area contributed by atoms with E-state index in [1.165, 1.54) is 0 Å². The average molecular weight is 319 g/mol. The van der Waals surface area contributed by atoms with Gasteiger partial charge in [-0.25, -0.2) is 13.1 Å². The van der Waals surface area contributed by atoms with Crippen LogP contribution < -0.4 is 14.2 Å². The van der Waals surface area contributed by atoms with Crippen LogP contribution in [0.15, 0.2) is 54.6 Å². The first-order chi connectivity index (χ1) is 10.6. The molecular weight excluding hydrogens is 302 g/mol. The molecule has 2 aromatic carbocycles. The second-order valence-electron chi connectivity index (χ2n) is 5.09. The monoisotopic (exact) mass is 319 g/mol. The number of hydrogen-bond donors (Lipinski definition) is 1. The van der Waals surface area contributed by atoms with Gasteiger partial charge in [0.1, 0.15) is 12.7 Å². The molecule has 1 atom stereocenters. The highest BCUT2D eigenvalue weighted by molar-refractivity contribution is 7.88. The molecular formula is C16H17NO4S. The Balaban J connectivity index is 1.57. The summed E-state index contributed by atoms with van der Waals surface area (Å²) in [6.45, 7) is 0.508. The maximum atomic E-state index is 12.1. The largest absolute Gasteiger partial charge is 0.486 e. The molecule has 6 heteroatoms. The standard InChI is InChI=1S/C16H17NO4S/c18-22(19,12-13-6-2-1-3-7-13)17-10-14-11-20-15-8-4-5-9-16(15)21-14/h1-9,14,17H,10-12H2/t14-/m0/s1. The SMILES string of the molecule is O=S(=O)(Cc1ccccc1)NC[C@H]1COc2ccccc2O1. The number of rotatable bonds is 5. The Bertz CT molecular complexity index is 731. The van der Waals surface area contributed by atoms with Gasteiger partial charge in [0, 0.05) is 0 Å². The normalized spacial score (nSPS) is 17.2. The Kier molecular flexibility index (Phi) is 4.31. The number of para-hydroxylation sites is 2. The molecule has 0 radical (unpaired) electrons. The van der Waals surface area contributed by atoms with Crippen LogP contribution in [0, 0.1) is 0 Å². The lowest BCUT2D eigenvalue weighted by molar-refractivity contribution is 0.0943. The van der Waals surface area contributed by atoms with Crippen LogP contribution in [-0.2, 0) is 15.8 Å². The van der Waals surface area contributed by atoms with Crippen molar-refractivity contribution < 1.29 is 17.9 Å². The zero-order valence-corrected chi connectivity index (χ0v) is 12.8. The molecule has 0 saturated heterocycles. The van der Waals surface area contributed by atoms with Crippen molar-refractivity contribution in [1.29, 1.82) is 0 Å². The van der Waals surface area contributed by atoms with Gasteiger partial charge in [0.05, 0.1) is 12.3 Å². The Morgan fingerprint density at radius 3 is 2.45 bits per heavy atom. The van der Waals surface area contributed by atoms with Crippen LogP contribution in [0.5, 0.6) is 11.5 Å². The molecule has 5 nitrogen and oxygen atoms in total. The van der Waals surface area contributed by atoms with Gasteiger partial charge < -0.3 is 9.47 Å². The molecule has 1 heterocycles. The molecule has 0 aliphatic carbocycles. The van der Waals surface area contributed by atoms with E-state index in [0.29, 0.717) is 18.1 Å². The molecule has 3 rings (SSSR count). The van der Waals surface area contributed by atoms with E-state index in [4.69, 9.17) is 9.47 Å². The van der Waals surface area contributed by atoms with Gasteiger partial charge in [-0.15, -0.1) is 0 Å². The summed E-state index contributed by atoms with van der Waals surface area (Å²) in [7, 11) is -3.40. The first kappa shape index (κ1) is 14.9. The summed E-state index contributed by atoms with van der Waals surface area (Å²) >= 11 is 0. The van der Waals surface area contributed by atoms with Crippen LogP contribution in [0.2, 0.25) is 0 Å². The molecule has 1 aliphatic heterocycles. The van der Waals surface area contributed by atoms with Gasteiger partial charge in [-0.1, -0.05) is 42.5 Å². The van der Waals surface area contributed by atoms with Gasteiger partial charge in [0.2, 0.25) is 10.0 Å². The minimum atomic E-state index is -3.40. The van der Waals surface area contributed by atoms with Crippen molar-refractivity contribution in [2.75, 3.05) is 13.2 Å². The number of benzene rings is 2. The summed E-state index contributed by atoms with van der Waals surface area (Å²) in [5.74, 6) is 1.28. The van der Waals surface area contributed by atoms with Gasteiger partial charge >= 0.3 is 0 Å². The summed E-state index contributed by atoms with van der Waals surface area (Å²) in [6.07, 6.45) is -0.333. The van der Waals surface area contributed by atoms with Crippen molar-refractivity contribution in [2.45, 2.75) is 11.9 Å². The zero-order valence-electron chi connectivity index (χ0n) is 11.9. The predicted octanol–water partition coefficient (Wildman–Crippen LogP) is 1.95. The molecule has 0 fully saturated rings. The Morgan fingerprint density at radius 2 is 1.68 bits per heavy atom. The third kappa shape index (κ3) is 3.78. The lowest BCUT2D eigenvalue weighted by Crippen LogP contribution is -2.41. The third-order valence-corrected chi connectivity index (χ3v) is 4.62. The fourth-order valence-corrected chi connectivity index (χ4v) is 3.40. The minimum absolute atomic E-state index is 0.0436. The summed E-state index contributed by atoms with van der Waals surface area (Å²) in [6, 6.07) is 16.4. The molecule has 0 unspecified atom stereocenters. The van der Waals surface area contributed by atoms with E-state index in [2.05, 4.69) is 4.72 Å². The highest BCUT2D eigenvalue weighted by atomic mass is 32.2. The molecule has 1 N–H and O–H groups in total. The molecule has 0 aromatic heterocycles. The Labute approximate surface area is 129 Å². The van der Waals surface area contributed by atoms with E-state index in [1.54, 1.807) is 18.2 Å². The van der Waals surface area contributed by atoms with Crippen LogP contribution >= 0.6 is 0 Å². The van der Waals surface area contributed by atoms with Gasteiger partial charge in [0.15, 0.2) is 11.5 Å². The van der Waals surface area contributed by atoms with E-state index in [1.807, 2.05) is 36.4 Å². The van der Waals surface area contributed by atoms with Crippen molar-refractivity contribution in [3.8, 4) is 11.5 Å². The Morgan fingerprint density at radius 1 is 1.00 bits per heavy atom. The van der Waals surface area contributed by atoms with Crippen LogP contribution in [0.4, 0.5) is 0 Å². The molecule has 22 heavy (non-hydrogen) atoms. The minimum Gasteiger partial charge on any atom is -0.486 e. The van der Waals surface area contributed by atoms with E-state index < -0.39 is 10.0 Å². The molecule has 0 amide bonds. The van der Waals surface area contributed by atoms with Crippen LogP contribution in [0.3, 0.4) is 0 Å².